The molecule has 0 radical (unpaired) electrons. The number of ether oxygens (including phenoxy) is 1. The van der Waals surface area contributed by atoms with E-state index in [2.05, 4.69) is 61.5 Å². The van der Waals surface area contributed by atoms with E-state index in [1.807, 2.05) is 0 Å². The minimum absolute atomic E-state index is 0.00934. The third kappa shape index (κ3) is 5.82. The minimum Gasteiger partial charge on any atom is -0.465 e. The van der Waals surface area contributed by atoms with Gasteiger partial charge in [0.1, 0.15) is 0 Å². The summed E-state index contributed by atoms with van der Waals surface area (Å²) in [6.45, 7) is 19.2. The van der Waals surface area contributed by atoms with Gasteiger partial charge in [0.05, 0.1) is 18.1 Å². The van der Waals surface area contributed by atoms with Gasteiger partial charge in [-0.1, -0.05) is 105 Å². The van der Waals surface area contributed by atoms with Gasteiger partial charge in [0.25, 0.3) is 0 Å². The van der Waals surface area contributed by atoms with E-state index in [1.54, 1.807) is 0 Å². The summed E-state index contributed by atoms with van der Waals surface area (Å²) in [5, 5.41) is 11.0. The molecule has 0 unspecified atom stereocenters. The average molecular weight is 625 g/mol. The van der Waals surface area contributed by atoms with E-state index >= 15 is 0 Å². The Morgan fingerprint density at radius 2 is 1.44 bits per heavy atom. The molecule has 4 saturated carbocycles. The monoisotopic (exact) mass is 625 g/mol. The molecule has 4 nitrogen and oxygen atoms in total. The van der Waals surface area contributed by atoms with Crippen molar-refractivity contribution in [2.24, 2.45) is 50.2 Å². The fraction of sp³-hybridized carbons (Fsp3) is 0.902. The normalized spacial score (nSPS) is 43.8. The van der Waals surface area contributed by atoms with Gasteiger partial charge in [-0.05, 0) is 116 Å². The van der Waals surface area contributed by atoms with Crippen molar-refractivity contribution < 1.29 is 19.4 Å². The highest BCUT2D eigenvalue weighted by molar-refractivity contribution is 5.95. The number of esters is 1. The van der Waals surface area contributed by atoms with Gasteiger partial charge in [-0.15, -0.1) is 0 Å². The number of carbonyl (C=O) groups is 2. The molecule has 0 aromatic heterocycles. The van der Waals surface area contributed by atoms with Crippen molar-refractivity contribution in [3.8, 4) is 0 Å². The van der Waals surface area contributed by atoms with E-state index in [1.165, 1.54) is 50.5 Å². The van der Waals surface area contributed by atoms with Crippen molar-refractivity contribution in [1.29, 1.82) is 0 Å². The summed E-state index contributed by atoms with van der Waals surface area (Å²) in [4.78, 5) is 28.2. The molecule has 0 heterocycles. The molecule has 1 N–H and O–H groups in total. The zero-order valence-corrected chi connectivity index (χ0v) is 30.5. The van der Waals surface area contributed by atoms with Gasteiger partial charge in [0.15, 0.2) is 5.78 Å². The molecule has 5 aliphatic carbocycles. The summed E-state index contributed by atoms with van der Waals surface area (Å²) in [6.07, 6.45) is 22.0. The summed E-state index contributed by atoms with van der Waals surface area (Å²) in [5.74, 6) is 0.895. The van der Waals surface area contributed by atoms with Crippen LogP contribution < -0.4 is 0 Å². The van der Waals surface area contributed by atoms with Gasteiger partial charge in [-0.25, -0.2) is 0 Å². The first-order valence-electron chi connectivity index (χ1n) is 19.2. The third-order valence-corrected chi connectivity index (χ3v) is 15.5. The molecule has 0 saturated heterocycles. The molecule has 256 valence electrons. The lowest BCUT2D eigenvalue weighted by Crippen LogP contribution is -2.66. The average Bonchev–Trinajstić information content (AvgIpc) is 2.98. The quantitative estimate of drug-likeness (QED) is 0.183. The third-order valence-electron chi connectivity index (χ3n) is 15.5. The van der Waals surface area contributed by atoms with Crippen LogP contribution in [-0.2, 0) is 14.3 Å². The molecule has 0 aromatic rings. The van der Waals surface area contributed by atoms with Crippen LogP contribution in [0.2, 0.25) is 0 Å². The number of hydrogen-bond acceptors (Lipinski definition) is 4. The summed E-state index contributed by atoms with van der Waals surface area (Å²) in [6, 6.07) is 0. The Morgan fingerprint density at radius 3 is 2.11 bits per heavy atom. The molecule has 45 heavy (non-hydrogen) atoms. The molecule has 4 fully saturated rings. The largest absolute Gasteiger partial charge is 0.465 e. The molecule has 4 heteroatoms. The van der Waals surface area contributed by atoms with Crippen LogP contribution in [0.3, 0.4) is 0 Å². The first kappa shape index (κ1) is 35.2. The standard InChI is InChI=1S/C41H68O4/c1-9-10-11-12-13-14-15-16-17-26-45-35(44)38(5)23-22-37(4)24-25-40(7)29(30(37)28-38)27-31(42)34-39(6)20-19-33(43)36(2,3)32(39)18-21-41(34,40)8/h27,30,32-34,43H,9-26,28H2,1-8H3/t30-,32-,33-,34+,37+,38-,39-,40+,41+/m0/s1. The van der Waals surface area contributed by atoms with E-state index in [0.717, 1.165) is 70.6 Å². The van der Waals surface area contributed by atoms with Crippen molar-refractivity contribution in [3.05, 3.63) is 11.6 Å². The molecular weight excluding hydrogens is 556 g/mol. The van der Waals surface area contributed by atoms with Crippen molar-refractivity contribution in [2.75, 3.05) is 6.61 Å². The SMILES string of the molecule is CCCCCCCCCCCOC(=O)[C@@]1(C)CC[C@]2(C)CC[C@]3(C)C(=CC(=O)[C@@H]4[C@@]5(C)CC[C@H](O)C(C)(C)[C@@H]5CC[C@]43C)[C@@H]2C1. The summed E-state index contributed by atoms with van der Waals surface area (Å²) in [5.41, 5.74) is 0.560. The number of hydrogen-bond donors (Lipinski definition) is 1. The van der Waals surface area contributed by atoms with E-state index in [0.29, 0.717) is 18.3 Å². The van der Waals surface area contributed by atoms with E-state index in [-0.39, 0.29) is 51.0 Å². The lowest BCUT2D eigenvalue weighted by Gasteiger charge is -2.70. The number of rotatable bonds is 11. The number of aliphatic hydroxyl groups is 1. The Morgan fingerprint density at radius 1 is 0.822 bits per heavy atom. The number of carbonyl (C=O) groups excluding carboxylic acids is 2. The topological polar surface area (TPSA) is 63.6 Å². The van der Waals surface area contributed by atoms with Crippen LogP contribution >= 0.6 is 0 Å². The van der Waals surface area contributed by atoms with Crippen molar-refractivity contribution >= 4 is 11.8 Å². The van der Waals surface area contributed by atoms with Crippen molar-refractivity contribution in [3.63, 3.8) is 0 Å². The highest BCUT2D eigenvalue weighted by Crippen LogP contribution is 2.75. The molecule has 0 spiro atoms. The Balaban J connectivity index is 1.29. The van der Waals surface area contributed by atoms with Crippen LogP contribution in [0.15, 0.2) is 11.6 Å². The maximum atomic E-state index is 14.5. The maximum Gasteiger partial charge on any atom is 0.311 e. The van der Waals surface area contributed by atoms with E-state index in [9.17, 15) is 14.7 Å². The molecule has 0 aromatic carbocycles. The van der Waals surface area contributed by atoms with E-state index in [4.69, 9.17) is 4.74 Å². The van der Waals surface area contributed by atoms with Gasteiger partial charge in [0, 0.05) is 5.92 Å². The molecule has 5 rings (SSSR count). The zero-order chi connectivity index (χ0) is 32.9. The number of fused-ring (bicyclic) bond motifs is 7. The van der Waals surface area contributed by atoms with E-state index < -0.39 is 5.41 Å². The second kappa shape index (κ2) is 12.7. The van der Waals surface area contributed by atoms with Gasteiger partial charge < -0.3 is 9.84 Å². The fourth-order valence-electron chi connectivity index (χ4n) is 12.1. The van der Waals surface area contributed by atoms with Crippen LogP contribution in [0.5, 0.6) is 0 Å². The lowest BCUT2D eigenvalue weighted by atomic mass is 9.33. The van der Waals surface area contributed by atoms with Crippen molar-refractivity contribution in [2.45, 2.75) is 177 Å². The highest BCUT2D eigenvalue weighted by atomic mass is 16.5. The smallest absolute Gasteiger partial charge is 0.311 e. The van der Waals surface area contributed by atoms with Gasteiger partial charge in [-0.2, -0.15) is 0 Å². The number of allylic oxidation sites excluding steroid dienone is 2. The van der Waals surface area contributed by atoms with Gasteiger partial charge >= 0.3 is 5.97 Å². The summed E-state index contributed by atoms with van der Waals surface area (Å²) < 4.78 is 6.00. The van der Waals surface area contributed by atoms with Crippen LogP contribution in [0.4, 0.5) is 0 Å². The Bertz CT molecular complexity index is 1140. The minimum atomic E-state index is -0.490. The Kier molecular flexibility index (Phi) is 9.92. The molecule has 0 bridgehead atoms. The predicted octanol–water partition coefficient (Wildman–Crippen LogP) is 10.4. The second-order valence-electron chi connectivity index (χ2n) is 18.6. The highest BCUT2D eigenvalue weighted by Gasteiger charge is 2.70. The first-order chi connectivity index (χ1) is 21.1. The Hall–Kier alpha value is -1.16. The molecular formula is C41H68O4. The molecule has 0 amide bonds. The molecule has 5 aliphatic rings. The van der Waals surface area contributed by atoms with Gasteiger partial charge in [0.2, 0.25) is 0 Å². The maximum absolute atomic E-state index is 14.5. The van der Waals surface area contributed by atoms with Crippen LogP contribution in [0.25, 0.3) is 0 Å². The predicted molar refractivity (Wildman–Crippen MR) is 184 cm³/mol. The molecule has 0 aliphatic heterocycles. The lowest BCUT2D eigenvalue weighted by molar-refractivity contribution is -0.202. The summed E-state index contributed by atoms with van der Waals surface area (Å²) in [7, 11) is 0. The number of ketones is 1. The van der Waals surface area contributed by atoms with Crippen LogP contribution in [0, 0.1) is 50.2 Å². The van der Waals surface area contributed by atoms with Crippen LogP contribution in [0.1, 0.15) is 171 Å². The zero-order valence-electron chi connectivity index (χ0n) is 30.5. The van der Waals surface area contributed by atoms with Crippen LogP contribution in [-0.4, -0.2) is 29.6 Å². The number of aliphatic hydroxyl groups excluding tert-OH is 1. The summed E-state index contributed by atoms with van der Waals surface area (Å²) >= 11 is 0. The molecule has 9 atom stereocenters. The van der Waals surface area contributed by atoms with Crippen molar-refractivity contribution in [1.82, 2.24) is 0 Å². The number of unbranched alkanes of at least 4 members (excludes halogenated alkanes) is 8. The Labute approximate surface area is 276 Å². The second-order valence-corrected chi connectivity index (χ2v) is 18.6. The van der Waals surface area contributed by atoms with Gasteiger partial charge in [-0.3, -0.25) is 9.59 Å². The fourth-order valence-corrected chi connectivity index (χ4v) is 12.1. The first-order valence-corrected chi connectivity index (χ1v) is 19.2.